The number of hydrazine groups is 1. The van der Waals surface area contributed by atoms with Crippen LogP contribution in [0, 0.1) is 0 Å². The molecule has 1 fully saturated rings. The van der Waals surface area contributed by atoms with Crippen LogP contribution in [0.15, 0.2) is 24.3 Å². The second kappa shape index (κ2) is 9.12. The predicted octanol–water partition coefficient (Wildman–Crippen LogP) is 1.27. The Morgan fingerprint density at radius 1 is 1.17 bits per heavy atom. The van der Waals surface area contributed by atoms with Gasteiger partial charge in [-0.3, -0.25) is 25.2 Å². The molecule has 1 saturated heterocycles. The number of ether oxygens (including phenoxy) is 1. The number of hydrogen-bond donors (Lipinski definition) is 2. The lowest BCUT2D eigenvalue weighted by Crippen LogP contribution is -2.48. The molecule has 130 valence electrons. The molecule has 1 aromatic rings. The van der Waals surface area contributed by atoms with Crippen molar-refractivity contribution < 1.29 is 19.1 Å². The number of amides is 3. The monoisotopic (exact) mass is 353 g/mol. The van der Waals surface area contributed by atoms with E-state index in [0.717, 1.165) is 19.3 Å². The van der Waals surface area contributed by atoms with Gasteiger partial charge in [-0.2, -0.15) is 0 Å². The minimum absolute atomic E-state index is 0.0294. The second-order valence-electron chi connectivity index (χ2n) is 5.47. The van der Waals surface area contributed by atoms with Crippen LogP contribution in [0.1, 0.15) is 25.7 Å². The summed E-state index contributed by atoms with van der Waals surface area (Å²) in [6.45, 7) is 0.246. The first kappa shape index (κ1) is 18.1. The fourth-order valence-electron chi connectivity index (χ4n) is 2.30. The molecular weight excluding hydrogens is 334 g/mol. The third-order valence-electron chi connectivity index (χ3n) is 3.51. The van der Waals surface area contributed by atoms with Crippen molar-refractivity contribution in [2.45, 2.75) is 25.7 Å². The van der Waals surface area contributed by atoms with E-state index in [1.807, 2.05) is 0 Å². The van der Waals surface area contributed by atoms with Crippen molar-refractivity contribution in [1.29, 1.82) is 0 Å². The molecule has 0 bridgehead atoms. The normalized spacial score (nSPS) is 14.7. The molecule has 1 aliphatic heterocycles. The first-order valence-electron chi connectivity index (χ1n) is 7.78. The standard InChI is InChI=1S/C16H20ClN3O4/c17-12-5-4-6-13(9-12)24-11-15(22)19-18-14(21)10-20-8-3-1-2-7-16(20)23/h4-6,9H,1-3,7-8,10-11H2,(H,18,21)(H,19,22). The van der Waals surface area contributed by atoms with Gasteiger partial charge in [0.2, 0.25) is 5.91 Å². The van der Waals surface area contributed by atoms with E-state index in [0.29, 0.717) is 23.7 Å². The summed E-state index contributed by atoms with van der Waals surface area (Å²) in [4.78, 5) is 36.8. The minimum Gasteiger partial charge on any atom is -0.484 e. The summed E-state index contributed by atoms with van der Waals surface area (Å²) < 4.78 is 5.25. The Labute approximate surface area is 145 Å². The summed E-state index contributed by atoms with van der Waals surface area (Å²) in [5.41, 5.74) is 4.53. The summed E-state index contributed by atoms with van der Waals surface area (Å²) in [7, 11) is 0. The van der Waals surface area contributed by atoms with Gasteiger partial charge in [0, 0.05) is 18.0 Å². The number of nitrogens with zero attached hydrogens (tertiary/aromatic N) is 1. The van der Waals surface area contributed by atoms with Gasteiger partial charge in [0.1, 0.15) is 12.3 Å². The number of rotatable bonds is 5. The van der Waals surface area contributed by atoms with Crippen molar-refractivity contribution in [3.63, 3.8) is 0 Å². The van der Waals surface area contributed by atoms with Crippen LogP contribution >= 0.6 is 11.6 Å². The average Bonchev–Trinajstić information content (AvgIpc) is 2.76. The van der Waals surface area contributed by atoms with Crippen molar-refractivity contribution in [1.82, 2.24) is 15.8 Å². The molecule has 1 heterocycles. The molecule has 24 heavy (non-hydrogen) atoms. The van der Waals surface area contributed by atoms with E-state index in [4.69, 9.17) is 16.3 Å². The van der Waals surface area contributed by atoms with E-state index in [1.165, 1.54) is 4.90 Å². The van der Waals surface area contributed by atoms with Crippen LogP contribution in [0.5, 0.6) is 5.75 Å². The van der Waals surface area contributed by atoms with Crippen LogP contribution in [-0.2, 0) is 14.4 Å². The molecule has 0 saturated carbocycles. The Bertz CT molecular complexity index is 609. The van der Waals surface area contributed by atoms with Crippen LogP contribution in [0.2, 0.25) is 5.02 Å². The Hall–Kier alpha value is -2.28. The van der Waals surface area contributed by atoms with Gasteiger partial charge in [-0.15, -0.1) is 0 Å². The number of hydrogen-bond acceptors (Lipinski definition) is 4. The first-order chi connectivity index (χ1) is 11.5. The van der Waals surface area contributed by atoms with Gasteiger partial charge < -0.3 is 9.64 Å². The van der Waals surface area contributed by atoms with Gasteiger partial charge in [-0.05, 0) is 31.0 Å². The van der Waals surface area contributed by atoms with E-state index >= 15 is 0 Å². The summed E-state index contributed by atoms with van der Waals surface area (Å²) in [5.74, 6) is -0.524. The van der Waals surface area contributed by atoms with E-state index in [1.54, 1.807) is 24.3 Å². The largest absolute Gasteiger partial charge is 0.484 e. The number of likely N-dealkylation sites (tertiary alicyclic amines) is 1. The van der Waals surface area contributed by atoms with Gasteiger partial charge in [-0.1, -0.05) is 24.1 Å². The number of carbonyl (C=O) groups excluding carboxylic acids is 3. The quantitative estimate of drug-likeness (QED) is 0.780. The highest BCUT2D eigenvalue weighted by atomic mass is 35.5. The van der Waals surface area contributed by atoms with Crippen molar-refractivity contribution in [2.75, 3.05) is 19.7 Å². The number of carbonyl (C=O) groups is 3. The molecule has 2 rings (SSSR count). The smallest absolute Gasteiger partial charge is 0.276 e. The minimum atomic E-state index is -0.509. The average molecular weight is 354 g/mol. The van der Waals surface area contributed by atoms with Crippen LogP contribution in [0.3, 0.4) is 0 Å². The van der Waals surface area contributed by atoms with Gasteiger partial charge in [0.15, 0.2) is 6.61 Å². The van der Waals surface area contributed by atoms with E-state index < -0.39 is 11.8 Å². The molecule has 8 heteroatoms. The summed E-state index contributed by atoms with van der Waals surface area (Å²) in [6, 6.07) is 6.65. The third kappa shape index (κ3) is 6.08. The molecule has 0 unspecified atom stereocenters. The lowest BCUT2D eigenvalue weighted by molar-refractivity contribution is -0.136. The highest BCUT2D eigenvalue weighted by Gasteiger charge is 2.19. The fraction of sp³-hybridized carbons (Fsp3) is 0.438. The summed E-state index contributed by atoms with van der Waals surface area (Å²) in [5, 5.41) is 0.503. The highest BCUT2D eigenvalue weighted by Crippen LogP contribution is 2.16. The first-order valence-corrected chi connectivity index (χ1v) is 8.16. The van der Waals surface area contributed by atoms with Crippen molar-refractivity contribution in [2.24, 2.45) is 0 Å². The molecule has 3 amide bonds. The van der Waals surface area contributed by atoms with Crippen LogP contribution in [0.4, 0.5) is 0 Å². The molecule has 2 N–H and O–H groups in total. The molecule has 0 spiro atoms. The Balaban J connectivity index is 1.69. The lowest BCUT2D eigenvalue weighted by atomic mass is 10.2. The van der Waals surface area contributed by atoms with Gasteiger partial charge in [0.25, 0.3) is 11.8 Å². The molecule has 0 aliphatic carbocycles. The van der Waals surface area contributed by atoms with E-state index in [9.17, 15) is 14.4 Å². The fourth-order valence-corrected chi connectivity index (χ4v) is 2.48. The number of nitrogens with one attached hydrogen (secondary N) is 2. The summed E-state index contributed by atoms with van der Waals surface area (Å²) >= 11 is 5.81. The van der Waals surface area contributed by atoms with E-state index in [-0.39, 0.29) is 19.1 Å². The third-order valence-corrected chi connectivity index (χ3v) is 3.75. The van der Waals surface area contributed by atoms with Crippen LogP contribution in [0.25, 0.3) is 0 Å². The zero-order chi connectivity index (χ0) is 17.4. The predicted molar refractivity (Wildman–Crippen MR) is 88.3 cm³/mol. The summed E-state index contributed by atoms with van der Waals surface area (Å²) in [6.07, 6.45) is 3.20. The van der Waals surface area contributed by atoms with Crippen LogP contribution < -0.4 is 15.6 Å². The van der Waals surface area contributed by atoms with Crippen molar-refractivity contribution in [3.8, 4) is 5.75 Å². The maximum Gasteiger partial charge on any atom is 0.276 e. The molecule has 1 aromatic carbocycles. The molecular formula is C16H20ClN3O4. The number of halogens is 1. The van der Waals surface area contributed by atoms with E-state index in [2.05, 4.69) is 10.9 Å². The Morgan fingerprint density at radius 2 is 1.96 bits per heavy atom. The zero-order valence-corrected chi connectivity index (χ0v) is 14.0. The SMILES string of the molecule is O=C(COc1cccc(Cl)c1)NNC(=O)CN1CCCCCC1=O. The maximum atomic E-state index is 11.8. The maximum absolute atomic E-state index is 11.8. The van der Waals surface area contributed by atoms with Gasteiger partial charge in [0.05, 0.1) is 0 Å². The zero-order valence-electron chi connectivity index (χ0n) is 13.2. The topological polar surface area (TPSA) is 87.7 Å². The Kier molecular flexibility index (Phi) is 6.87. The van der Waals surface area contributed by atoms with Crippen molar-refractivity contribution >= 4 is 29.3 Å². The molecule has 1 aliphatic rings. The van der Waals surface area contributed by atoms with Crippen molar-refractivity contribution in [3.05, 3.63) is 29.3 Å². The van der Waals surface area contributed by atoms with Crippen LogP contribution in [-0.4, -0.2) is 42.3 Å². The van der Waals surface area contributed by atoms with Gasteiger partial charge >= 0.3 is 0 Å². The van der Waals surface area contributed by atoms with Gasteiger partial charge in [-0.25, -0.2) is 0 Å². The molecule has 0 atom stereocenters. The number of benzene rings is 1. The Morgan fingerprint density at radius 3 is 2.75 bits per heavy atom. The molecule has 0 aromatic heterocycles. The molecule has 0 radical (unpaired) electrons. The second-order valence-corrected chi connectivity index (χ2v) is 5.90. The molecule has 7 nitrogen and oxygen atoms in total. The lowest BCUT2D eigenvalue weighted by Gasteiger charge is -2.19. The highest BCUT2D eigenvalue weighted by molar-refractivity contribution is 6.30.